The Hall–Kier alpha value is -3.14. The first kappa shape index (κ1) is 14.5. The number of hydrogen-bond acceptors (Lipinski definition) is 2. The molecule has 0 bridgehead atoms. The standard InChI is InChI=1S/C20H14FNO2/c1-24-18-9-7-13(21)10-16(18)20-17(11-23)15-8-6-12-4-2-3-5-14(12)19(15)22-20/h2-11,22H,1H3. The van der Waals surface area contributed by atoms with E-state index in [0.717, 1.165) is 28.0 Å². The molecule has 0 saturated heterocycles. The average molecular weight is 319 g/mol. The molecular weight excluding hydrogens is 305 g/mol. The van der Waals surface area contributed by atoms with Crippen molar-refractivity contribution in [3.05, 3.63) is 66.0 Å². The van der Waals surface area contributed by atoms with Gasteiger partial charge in [0.1, 0.15) is 11.6 Å². The number of aromatic nitrogens is 1. The highest BCUT2D eigenvalue weighted by atomic mass is 19.1. The fourth-order valence-corrected chi connectivity index (χ4v) is 3.17. The maximum absolute atomic E-state index is 13.8. The molecule has 0 atom stereocenters. The predicted molar refractivity (Wildman–Crippen MR) is 93.1 cm³/mol. The molecular formula is C20H14FNO2. The molecule has 0 unspecified atom stereocenters. The quantitative estimate of drug-likeness (QED) is 0.543. The molecule has 1 heterocycles. The van der Waals surface area contributed by atoms with Gasteiger partial charge in [0.25, 0.3) is 0 Å². The summed E-state index contributed by atoms with van der Waals surface area (Å²) in [7, 11) is 1.52. The van der Waals surface area contributed by atoms with Crippen molar-refractivity contribution in [3.63, 3.8) is 0 Å². The lowest BCUT2D eigenvalue weighted by Gasteiger charge is -2.07. The van der Waals surface area contributed by atoms with Crippen LogP contribution in [-0.4, -0.2) is 18.4 Å². The highest BCUT2D eigenvalue weighted by Crippen LogP contribution is 2.37. The van der Waals surface area contributed by atoms with E-state index in [1.54, 1.807) is 6.07 Å². The molecule has 1 aromatic heterocycles. The minimum absolute atomic E-state index is 0.383. The molecule has 4 heteroatoms. The monoisotopic (exact) mass is 319 g/mol. The van der Waals surface area contributed by atoms with E-state index < -0.39 is 0 Å². The van der Waals surface area contributed by atoms with Gasteiger partial charge in [-0.05, 0) is 23.6 Å². The molecule has 0 spiro atoms. The van der Waals surface area contributed by atoms with E-state index in [0.29, 0.717) is 22.6 Å². The zero-order valence-corrected chi connectivity index (χ0v) is 13.0. The molecule has 3 aromatic carbocycles. The Kier molecular flexibility index (Phi) is 3.31. The summed E-state index contributed by atoms with van der Waals surface area (Å²) in [6, 6.07) is 16.1. The zero-order chi connectivity index (χ0) is 16.7. The molecule has 24 heavy (non-hydrogen) atoms. The van der Waals surface area contributed by atoms with E-state index in [-0.39, 0.29) is 5.82 Å². The molecule has 0 saturated carbocycles. The van der Waals surface area contributed by atoms with Crippen molar-refractivity contribution < 1.29 is 13.9 Å². The molecule has 0 aliphatic carbocycles. The number of nitrogens with one attached hydrogen (secondary N) is 1. The molecule has 0 aliphatic heterocycles. The van der Waals surface area contributed by atoms with Gasteiger partial charge in [0, 0.05) is 21.9 Å². The number of benzene rings is 3. The smallest absolute Gasteiger partial charge is 0.152 e. The van der Waals surface area contributed by atoms with Crippen LogP contribution in [0.1, 0.15) is 10.4 Å². The third-order valence-electron chi connectivity index (χ3n) is 4.29. The van der Waals surface area contributed by atoms with Gasteiger partial charge in [-0.2, -0.15) is 0 Å². The molecule has 4 aromatic rings. The van der Waals surface area contributed by atoms with Crippen LogP contribution >= 0.6 is 0 Å². The number of halogens is 1. The molecule has 1 N–H and O–H groups in total. The lowest BCUT2D eigenvalue weighted by molar-refractivity contribution is 0.112. The second kappa shape index (κ2) is 5.49. The Morgan fingerprint density at radius 3 is 2.67 bits per heavy atom. The van der Waals surface area contributed by atoms with Crippen LogP contribution in [0.15, 0.2) is 54.6 Å². The summed E-state index contributed by atoms with van der Waals surface area (Å²) in [5.41, 5.74) is 2.45. The Balaban J connectivity index is 2.11. The van der Waals surface area contributed by atoms with E-state index in [2.05, 4.69) is 4.98 Å². The predicted octanol–water partition coefficient (Wildman–Crippen LogP) is 4.95. The number of carbonyl (C=O) groups excluding carboxylic acids is 1. The largest absolute Gasteiger partial charge is 0.496 e. The molecule has 0 fully saturated rings. The molecule has 0 radical (unpaired) electrons. The third-order valence-corrected chi connectivity index (χ3v) is 4.29. The Bertz CT molecular complexity index is 1080. The van der Waals surface area contributed by atoms with Crippen LogP contribution in [0.2, 0.25) is 0 Å². The van der Waals surface area contributed by atoms with E-state index in [1.165, 1.54) is 19.2 Å². The number of fused-ring (bicyclic) bond motifs is 3. The lowest BCUT2D eigenvalue weighted by atomic mass is 10.0. The van der Waals surface area contributed by atoms with Crippen molar-refractivity contribution in [1.29, 1.82) is 0 Å². The molecule has 3 nitrogen and oxygen atoms in total. The van der Waals surface area contributed by atoms with Crippen molar-refractivity contribution in [2.24, 2.45) is 0 Å². The van der Waals surface area contributed by atoms with Gasteiger partial charge in [-0.15, -0.1) is 0 Å². The number of rotatable bonds is 3. The van der Waals surface area contributed by atoms with Crippen molar-refractivity contribution in [3.8, 4) is 17.0 Å². The summed E-state index contributed by atoms with van der Waals surface area (Å²) in [4.78, 5) is 15.0. The topological polar surface area (TPSA) is 42.1 Å². The van der Waals surface area contributed by atoms with E-state index >= 15 is 0 Å². The summed E-state index contributed by atoms with van der Waals surface area (Å²) >= 11 is 0. The fraction of sp³-hybridized carbons (Fsp3) is 0.0500. The van der Waals surface area contributed by atoms with E-state index in [4.69, 9.17) is 4.74 Å². The number of ether oxygens (including phenoxy) is 1. The fourth-order valence-electron chi connectivity index (χ4n) is 3.17. The Labute approximate surface area is 137 Å². The van der Waals surface area contributed by atoms with Crippen molar-refractivity contribution in [1.82, 2.24) is 4.98 Å². The summed E-state index contributed by atoms with van der Waals surface area (Å²) in [6.07, 6.45) is 0.799. The highest BCUT2D eigenvalue weighted by Gasteiger charge is 2.18. The van der Waals surface area contributed by atoms with Crippen LogP contribution in [-0.2, 0) is 0 Å². The first-order valence-corrected chi connectivity index (χ1v) is 7.55. The van der Waals surface area contributed by atoms with Gasteiger partial charge >= 0.3 is 0 Å². The van der Waals surface area contributed by atoms with Crippen LogP contribution in [0.5, 0.6) is 5.75 Å². The van der Waals surface area contributed by atoms with E-state index in [9.17, 15) is 9.18 Å². The molecule has 118 valence electrons. The second-order valence-corrected chi connectivity index (χ2v) is 5.59. The lowest BCUT2D eigenvalue weighted by Crippen LogP contribution is -1.92. The summed E-state index contributed by atoms with van der Waals surface area (Å²) < 4.78 is 19.1. The third kappa shape index (κ3) is 2.07. The number of carbonyl (C=O) groups is 1. The second-order valence-electron chi connectivity index (χ2n) is 5.59. The van der Waals surface area contributed by atoms with Crippen LogP contribution in [0, 0.1) is 5.82 Å². The van der Waals surface area contributed by atoms with Gasteiger partial charge in [0.15, 0.2) is 6.29 Å². The Morgan fingerprint density at radius 2 is 1.88 bits per heavy atom. The van der Waals surface area contributed by atoms with Gasteiger partial charge in [-0.25, -0.2) is 4.39 Å². The molecule has 0 aliphatic rings. The summed E-state index contributed by atoms with van der Waals surface area (Å²) in [6.45, 7) is 0. The zero-order valence-electron chi connectivity index (χ0n) is 13.0. The van der Waals surface area contributed by atoms with Gasteiger partial charge in [-0.1, -0.05) is 36.4 Å². The Morgan fingerprint density at radius 1 is 1.04 bits per heavy atom. The SMILES string of the molecule is COc1ccc(F)cc1-c1[nH]c2c(ccc3ccccc32)c1C=O. The maximum atomic E-state index is 13.8. The van der Waals surface area contributed by atoms with Gasteiger partial charge in [-0.3, -0.25) is 4.79 Å². The van der Waals surface area contributed by atoms with Crippen LogP contribution in [0.4, 0.5) is 4.39 Å². The van der Waals surface area contributed by atoms with Crippen molar-refractivity contribution in [2.45, 2.75) is 0 Å². The van der Waals surface area contributed by atoms with Crippen LogP contribution in [0.3, 0.4) is 0 Å². The molecule has 0 amide bonds. The van der Waals surface area contributed by atoms with Crippen LogP contribution < -0.4 is 4.74 Å². The first-order chi connectivity index (χ1) is 11.7. The number of hydrogen-bond donors (Lipinski definition) is 1. The minimum Gasteiger partial charge on any atom is -0.496 e. The molecule has 4 rings (SSSR count). The highest BCUT2D eigenvalue weighted by molar-refractivity contribution is 6.14. The maximum Gasteiger partial charge on any atom is 0.152 e. The van der Waals surface area contributed by atoms with Crippen LogP contribution in [0.25, 0.3) is 32.9 Å². The summed E-state index contributed by atoms with van der Waals surface area (Å²) in [5.74, 6) is 0.126. The normalized spacial score (nSPS) is 11.1. The van der Waals surface area contributed by atoms with Crippen molar-refractivity contribution >= 4 is 28.0 Å². The van der Waals surface area contributed by atoms with Crippen molar-refractivity contribution in [2.75, 3.05) is 7.11 Å². The van der Waals surface area contributed by atoms with Gasteiger partial charge in [0.05, 0.1) is 18.3 Å². The first-order valence-electron chi connectivity index (χ1n) is 7.55. The minimum atomic E-state index is -0.383. The number of aldehydes is 1. The van der Waals surface area contributed by atoms with E-state index in [1.807, 2.05) is 36.4 Å². The van der Waals surface area contributed by atoms with Gasteiger partial charge in [0.2, 0.25) is 0 Å². The number of methoxy groups -OCH3 is 1. The summed E-state index contributed by atoms with van der Waals surface area (Å²) in [5, 5.41) is 2.89. The number of aromatic amines is 1. The van der Waals surface area contributed by atoms with Gasteiger partial charge < -0.3 is 9.72 Å². The average Bonchev–Trinajstić information content (AvgIpc) is 3.00. The number of H-pyrrole nitrogens is 1.